The first-order valence-corrected chi connectivity index (χ1v) is 8.54. The Morgan fingerprint density at radius 1 is 1.48 bits per heavy atom. The lowest BCUT2D eigenvalue weighted by Crippen LogP contribution is -2.13. The van der Waals surface area contributed by atoms with Gasteiger partial charge in [-0.1, -0.05) is 23.4 Å². The van der Waals surface area contributed by atoms with Gasteiger partial charge < -0.3 is 5.73 Å². The van der Waals surface area contributed by atoms with Crippen molar-refractivity contribution in [1.29, 1.82) is 0 Å². The van der Waals surface area contributed by atoms with Gasteiger partial charge in [0.25, 0.3) is 10.0 Å². The Hall–Kier alpha value is -1.59. The number of sulfonamides is 1. The third-order valence-electron chi connectivity index (χ3n) is 2.40. The van der Waals surface area contributed by atoms with E-state index in [2.05, 4.69) is 21.5 Å². The van der Waals surface area contributed by atoms with Gasteiger partial charge >= 0.3 is 0 Å². The number of anilines is 1. The van der Waals surface area contributed by atoms with E-state index in [1.807, 2.05) is 6.92 Å². The lowest BCUT2D eigenvalue weighted by atomic mass is 10.2. The maximum absolute atomic E-state index is 12.3. The number of hydrogen-bond acceptors (Lipinski definition) is 5. The highest BCUT2D eigenvalue weighted by Crippen LogP contribution is 2.26. The van der Waals surface area contributed by atoms with Crippen molar-refractivity contribution in [3.63, 3.8) is 0 Å². The van der Waals surface area contributed by atoms with Gasteiger partial charge in [0.15, 0.2) is 5.13 Å². The van der Waals surface area contributed by atoms with Crippen molar-refractivity contribution in [3.05, 3.63) is 39.9 Å². The number of hydrogen-bond donors (Lipinski definition) is 2. The number of rotatable bonds is 3. The third-order valence-corrected chi connectivity index (χ3v) is 5.18. The molecule has 0 aliphatic rings. The van der Waals surface area contributed by atoms with E-state index in [9.17, 15) is 8.42 Å². The van der Waals surface area contributed by atoms with Crippen molar-refractivity contribution in [2.75, 3.05) is 11.3 Å². The van der Waals surface area contributed by atoms with Crippen LogP contribution in [0.15, 0.2) is 29.3 Å². The molecule has 8 heteroatoms. The normalized spacial score (nSPS) is 10.8. The lowest BCUT2D eigenvalue weighted by Gasteiger charge is -2.07. The monoisotopic (exact) mass is 341 g/mol. The number of aromatic nitrogens is 1. The third kappa shape index (κ3) is 3.95. The molecule has 110 valence electrons. The summed E-state index contributed by atoms with van der Waals surface area (Å²) in [5.41, 5.74) is 5.89. The summed E-state index contributed by atoms with van der Waals surface area (Å²) in [6, 6.07) is 4.48. The highest BCUT2D eigenvalue weighted by atomic mass is 35.5. The predicted molar refractivity (Wildman–Crippen MR) is 85.0 cm³/mol. The fraction of sp³-hybridized carbons (Fsp3) is 0.154. The van der Waals surface area contributed by atoms with Gasteiger partial charge in [-0.15, -0.1) is 11.3 Å². The number of nitrogens with two attached hydrogens (primary N) is 1. The predicted octanol–water partition coefficient (Wildman–Crippen LogP) is 2.22. The van der Waals surface area contributed by atoms with Crippen LogP contribution in [0.3, 0.4) is 0 Å². The van der Waals surface area contributed by atoms with Crippen LogP contribution in [0.5, 0.6) is 0 Å². The molecular formula is C13H12ClN3O2S2. The number of thiazole rings is 1. The fourth-order valence-corrected chi connectivity index (χ4v) is 3.97. The van der Waals surface area contributed by atoms with Crippen molar-refractivity contribution in [2.24, 2.45) is 5.73 Å². The second-order valence-electron chi connectivity index (χ2n) is 4.03. The van der Waals surface area contributed by atoms with Gasteiger partial charge in [0.05, 0.1) is 11.6 Å². The first-order chi connectivity index (χ1) is 9.92. The van der Waals surface area contributed by atoms with Crippen LogP contribution in [0.25, 0.3) is 0 Å². The van der Waals surface area contributed by atoms with Crippen molar-refractivity contribution in [3.8, 4) is 11.8 Å². The number of benzene rings is 1. The Morgan fingerprint density at radius 2 is 2.24 bits per heavy atom. The summed E-state index contributed by atoms with van der Waals surface area (Å²) >= 11 is 7.28. The summed E-state index contributed by atoms with van der Waals surface area (Å²) in [5.74, 6) is 5.47. The minimum atomic E-state index is -3.77. The minimum Gasteiger partial charge on any atom is -0.320 e. The van der Waals surface area contributed by atoms with E-state index >= 15 is 0 Å². The average Bonchev–Trinajstić information content (AvgIpc) is 2.80. The molecule has 0 atom stereocenters. The molecule has 1 aromatic carbocycles. The van der Waals surface area contributed by atoms with E-state index in [4.69, 9.17) is 17.3 Å². The average molecular weight is 342 g/mol. The molecule has 0 fully saturated rings. The molecule has 1 heterocycles. The molecule has 0 saturated carbocycles. The highest BCUT2D eigenvalue weighted by Gasteiger charge is 2.19. The minimum absolute atomic E-state index is 0.0182. The molecule has 0 amide bonds. The Kier molecular flexibility index (Phi) is 4.85. The topological polar surface area (TPSA) is 85.1 Å². The molecule has 3 N–H and O–H groups in total. The Bertz CT molecular complexity index is 819. The van der Waals surface area contributed by atoms with Gasteiger partial charge in [0, 0.05) is 16.6 Å². The molecule has 0 aliphatic carbocycles. The SMILES string of the molecule is Cc1cnc(NS(=O)(=O)c2ccc(C#CCN)cc2Cl)s1. The van der Waals surface area contributed by atoms with Crippen LogP contribution < -0.4 is 10.5 Å². The summed E-state index contributed by atoms with van der Waals surface area (Å²) < 4.78 is 26.9. The van der Waals surface area contributed by atoms with Gasteiger partial charge in [-0.05, 0) is 25.1 Å². The second-order valence-corrected chi connectivity index (χ2v) is 7.33. The second kappa shape index (κ2) is 6.45. The molecule has 5 nitrogen and oxygen atoms in total. The molecule has 1 aromatic heterocycles. The molecule has 0 radical (unpaired) electrons. The van der Waals surface area contributed by atoms with Crippen LogP contribution in [0.4, 0.5) is 5.13 Å². The van der Waals surface area contributed by atoms with Crippen LogP contribution in [-0.4, -0.2) is 19.9 Å². The standard InChI is InChI=1S/C13H12ClN3O2S2/c1-9-8-16-13(20-9)17-21(18,19)12-5-4-10(3-2-6-15)7-11(12)14/h4-5,7-8H,6,15H2,1H3,(H,16,17). The molecule has 2 rings (SSSR count). The Morgan fingerprint density at radius 3 is 2.81 bits per heavy atom. The zero-order chi connectivity index (χ0) is 15.5. The molecule has 0 unspecified atom stereocenters. The van der Waals surface area contributed by atoms with E-state index in [0.29, 0.717) is 10.7 Å². The fourth-order valence-electron chi connectivity index (χ4n) is 1.52. The van der Waals surface area contributed by atoms with Gasteiger partial charge in [-0.3, -0.25) is 4.72 Å². The van der Waals surface area contributed by atoms with Crippen molar-refractivity contribution in [1.82, 2.24) is 4.98 Å². The molecule has 0 bridgehead atoms. The maximum Gasteiger partial charge on any atom is 0.265 e. The van der Waals surface area contributed by atoms with Crippen molar-refractivity contribution < 1.29 is 8.42 Å². The van der Waals surface area contributed by atoms with Gasteiger partial charge in [0.1, 0.15) is 4.90 Å². The zero-order valence-corrected chi connectivity index (χ0v) is 13.4. The Balaban J connectivity index is 2.32. The van der Waals surface area contributed by atoms with E-state index in [1.54, 1.807) is 12.3 Å². The summed E-state index contributed by atoms with van der Waals surface area (Å²) in [6.07, 6.45) is 1.59. The van der Waals surface area contributed by atoms with Crippen LogP contribution in [-0.2, 0) is 10.0 Å². The summed E-state index contributed by atoms with van der Waals surface area (Å²) in [6.45, 7) is 2.07. The number of nitrogens with one attached hydrogen (secondary N) is 1. The van der Waals surface area contributed by atoms with E-state index in [-0.39, 0.29) is 16.5 Å². The highest BCUT2D eigenvalue weighted by molar-refractivity contribution is 7.93. The smallest absolute Gasteiger partial charge is 0.265 e. The first-order valence-electron chi connectivity index (χ1n) is 5.86. The number of aryl methyl sites for hydroxylation is 1. The zero-order valence-electron chi connectivity index (χ0n) is 11.1. The first kappa shape index (κ1) is 15.8. The lowest BCUT2D eigenvalue weighted by molar-refractivity contribution is 0.601. The molecule has 21 heavy (non-hydrogen) atoms. The summed E-state index contributed by atoms with van der Waals surface area (Å²) in [7, 11) is -3.77. The van der Waals surface area contributed by atoms with Gasteiger partial charge in [-0.2, -0.15) is 0 Å². The number of halogens is 1. The largest absolute Gasteiger partial charge is 0.320 e. The number of nitrogens with zero attached hydrogens (tertiary/aromatic N) is 1. The molecule has 0 saturated heterocycles. The summed E-state index contributed by atoms with van der Waals surface area (Å²) in [5, 5.41) is 0.398. The van der Waals surface area contributed by atoms with E-state index < -0.39 is 10.0 Å². The van der Waals surface area contributed by atoms with E-state index in [0.717, 1.165) is 4.88 Å². The van der Waals surface area contributed by atoms with Crippen LogP contribution >= 0.6 is 22.9 Å². The van der Waals surface area contributed by atoms with Crippen LogP contribution in [0, 0.1) is 18.8 Å². The van der Waals surface area contributed by atoms with Crippen molar-refractivity contribution >= 4 is 38.1 Å². The molecule has 0 aliphatic heterocycles. The quantitative estimate of drug-likeness (QED) is 0.838. The van der Waals surface area contributed by atoms with Crippen LogP contribution in [0.1, 0.15) is 10.4 Å². The van der Waals surface area contributed by atoms with Gasteiger partial charge in [-0.25, -0.2) is 13.4 Å². The molecular weight excluding hydrogens is 330 g/mol. The molecule has 2 aromatic rings. The van der Waals surface area contributed by atoms with Crippen molar-refractivity contribution in [2.45, 2.75) is 11.8 Å². The summed E-state index contributed by atoms with van der Waals surface area (Å²) in [4.78, 5) is 4.85. The van der Waals surface area contributed by atoms with Crippen LogP contribution in [0.2, 0.25) is 5.02 Å². The Labute approximate surface area is 132 Å². The molecule has 0 spiro atoms. The van der Waals surface area contributed by atoms with Gasteiger partial charge in [0.2, 0.25) is 0 Å². The van der Waals surface area contributed by atoms with E-state index in [1.165, 1.54) is 23.5 Å². The maximum atomic E-state index is 12.3.